The van der Waals surface area contributed by atoms with E-state index in [0.717, 1.165) is 49.1 Å². The van der Waals surface area contributed by atoms with E-state index in [1.54, 1.807) is 0 Å². The van der Waals surface area contributed by atoms with Gasteiger partial charge in [0.15, 0.2) is 0 Å². The monoisotopic (exact) mass is 544 g/mol. The molecule has 0 radical (unpaired) electrons. The van der Waals surface area contributed by atoms with Crippen molar-refractivity contribution in [2.75, 3.05) is 26.2 Å². The molecule has 2 aromatic rings. The second-order valence-electron chi connectivity index (χ2n) is 8.13. The van der Waals surface area contributed by atoms with E-state index in [1.807, 2.05) is 55.7 Å². The summed E-state index contributed by atoms with van der Waals surface area (Å²) in [7, 11) is 5.85. The molecular weight excluding hydrogens is 507 g/mol. The molecule has 7 heteroatoms. The zero-order chi connectivity index (χ0) is 23.7. The molecule has 0 fully saturated rings. The average molecular weight is 546 g/mol. The zero-order valence-electron chi connectivity index (χ0n) is 19.8. The van der Waals surface area contributed by atoms with E-state index < -0.39 is 0 Å². The van der Waals surface area contributed by atoms with Gasteiger partial charge in [0.25, 0.3) is 0 Å². The maximum absolute atomic E-state index is 6.14. The van der Waals surface area contributed by atoms with Crippen molar-refractivity contribution >= 4 is 54.6 Å². The lowest BCUT2D eigenvalue weighted by Crippen LogP contribution is -2.18. The summed E-state index contributed by atoms with van der Waals surface area (Å²) in [5, 5.41) is 9.65. The normalized spacial score (nSPS) is 13.2. The van der Waals surface area contributed by atoms with Crippen molar-refractivity contribution in [2.45, 2.75) is 62.9 Å². The van der Waals surface area contributed by atoms with Crippen molar-refractivity contribution < 1.29 is 0 Å². The van der Waals surface area contributed by atoms with E-state index in [4.69, 9.17) is 23.2 Å². The Labute approximate surface area is 222 Å². The van der Waals surface area contributed by atoms with Gasteiger partial charge in [0.1, 0.15) is 0 Å². The maximum Gasteiger partial charge on any atom is 0.0421 e. The third-order valence-corrected chi connectivity index (χ3v) is 10.8. The number of unbranched alkanes of at least 4 members (excludes halogenated alkanes) is 2. The molecular formula is C26H38Cl2N2S3. The fourth-order valence-corrected chi connectivity index (χ4v) is 8.85. The molecule has 0 saturated heterocycles. The predicted molar refractivity (Wildman–Crippen MR) is 156 cm³/mol. The fourth-order valence-electron chi connectivity index (χ4n) is 3.33. The Bertz CT molecular complexity index is 681. The molecule has 2 nitrogen and oxygen atoms in total. The summed E-state index contributed by atoms with van der Waals surface area (Å²) in [4.78, 5) is 0. The van der Waals surface area contributed by atoms with Crippen LogP contribution in [-0.2, 0) is 0 Å². The number of hydrogen-bond acceptors (Lipinski definition) is 5. The van der Waals surface area contributed by atoms with Crippen LogP contribution in [0.25, 0.3) is 0 Å². The Kier molecular flexibility index (Phi) is 16.2. The highest BCUT2D eigenvalue weighted by molar-refractivity contribution is 9.09. The van der Waals surface area contributed by atoms with Crippen LogP contribution in [0.15, 0.2) is 48.5 Å². The molecule has 0 saturated carbocycles. The maximum atomic E-state index is 6.14. The first-order valence-electron chi connectivity index (χ1n) is 12.0. The summed E-state index contributed by atoms with van der Waals surface area (Å²) < 4.78 is 0. The van der Waals surface area contributed by atoms with Gasteiger partial charge < -0.3 is 10.6 Å². The Morgan fingerprint density at radius 2 is 1.03 bits per heavy atom. The molecule has 0 heterocycles. The van der Waals surface area contributed by atoms with E-state index in [2.05, 4.69) is 48.7 Å². The highest BCUT2D eigenvalue weighted by Crippen LogP contribution is 2.52. The summed E-state index contributed by atoms with van der Waals surface area (Å²) in [5.41, 5.74) is 2.69. The first kappa shape index (κ1) is 29.2. The molecule has 0 aliphatic carbocycles. The van der Waals surface area contributed by atoms with Crippen LogP contribution in [0.1, 0.15) is 74.0 Å². The second kappa shape index (κ2) is 18.3. The lowest BCUT2D eigenvalue weighted by atomic mass is 10.1. The van der Waals surface area contributed by atoms with E-state index in [1.165, 1.54) is 36.8 Å². The third kappa shape index (κ3) is 12.5. The Morgan fingerprint density at radius 3 is 1.39 bits per heavy atom. The van der Waals surface area contributed by atoms with Crippen molar-refractivity contribution in [3.05, 3.63) is 69.7 Å². The van der Waals surface area contributed by atoms with Crippen molar-refractivity contribution in [2.24, 2.45) is 0 Å². The van der Waals surface area contributed by atoms with Gasteiger partial charge in [0.05, 0.1) is 0 Å². The minimum Gasteiger partial charge on any atom is -0.317 e. The van der Waals surface area contributed by atoms with Gasteiger partial charge in [0.2, 0.25) is 0 Å². The SMILES string of the molecule is CCCCNCCC(SSSC(CCNCCCC)c1ccc(Cl)cc1)c1ccc(Cl)cc1. The first-order chi connectivity index (χ1) is 16.1. The minimum absolute atomic E-state index is 0.433. The van der Waals surface area contributed by atoms with Crippen molar-refractivity contribution in [1.82, 2.24) is 10.6 Å². The minimum atomic E-state index is 0.433. The van der Waals surface area contributed by atoms with Crippen LogP contribution in [0.3, 0.4) is 0 Å². The topological polar surface area (TPSA) is 24.1 Å². The molecule has 2 rings (SSSR count). The summed E-state index contributed by atoms with van der Waals surface area (Å²) in [5.74, 6) is 0. The quantitative estimate of drug-likeness (QED) is 0.144. The third-order valence-electron chi connectivity index (χ3n) is 5.38. The summed E-state index contributed by atoms with van der Waals surface area (Å²) in [6.07, 6.45) is 7.14. The smallest absolute Gasteiger partial charge is 0.0421 e. The molecule has 0 aliphatic rings. The van der Waals surface area contributed by atoms with Gasteiger partial charge >= 0.3 is 0 Å². The van der Waals surface area contributed by atoms with Crippen LogP contribution >= 0.6 is 54.6 Å². The Hall–Kier alpha value is -0.0100. The molecule has 2 atom stereocenters. The van der Waals surface area contributed by atoms with Crippen LogP contribution in [0.2, 0.25) is 10.0 Å². The van der Waals surface area contributed by atoms with Crippen molar-refractivity contribution in [3.63, 3.8) is 0 Å². The fraction of sp³-hybridized carbons (Fsp3) is 0.538. The lowest BCUT2D eigenvalue weighted by molar-refractivity contribution is 0.614. The lowest BCUT2D eigenvalue weighted by Gasteiger charge is -2.20. The molecule has 0 spiro atoms. The number of halogens is 2. The molecule has 0 aliphatic heterocycles. The molecule has 0 aromatic heterocycles. The Morgan fingerprint density at radius 1 is 0.636 bits per heavy atom. The van der Waals surface area contributed by atoms with Gasteiger partial charge in [-0.05, 0) is 97.1 Å². The van der Waals surface area contributed by atoms with Gasteiger partial charge in [0, 0.05) is 20.5 Å². The van der Waals surface area contributed by atoms with Crippen LogP contribution in [0.5, 0.6) is 0 Å². The number of rotatable bonds is 18. The van der Waals surface area contributed by atoms with Gasteiger partial charge in [-0.25, -0.2) is 0 Å². The van der Waals surface area contributed by atoms with Crippen LogP contribution in [0.4, 0.5) is 0 Å². The Balaban J connectivity index is 1.94. The predicted octanol–water partition coefficient (Wildman–Crippen LogP) is 9.36. The summed E-state index contributed by atoms with van der Waals surface area (Å²) in [6.45, 7) is 8.73. The second-order valence-corrected chi connectivity index (χ2v) is 13.4. The molecule has 2 aromatic carbocycles. The van der Waals surface area contributed by atoms with E-state index in [-0.39, 0.29) is 0 Å². The van der Waals surface area contributed by atoms with Gasteiger partial charge in [-0.15, -0.1) is 0 Å². The van der Waals surface area contributed by atoms with Crippen LogP contribution < -0.4 is 10.6 Å². The number of nitrogens with one attached hydrogen (secondary N) is 2. The summed E-state index contributed by atoms with van der Waals surface area (Å²) in [6, 6.07) is 16.7. The van der Waals surface area contributed by atoms with Gasteiger partial charge in [-0.3, -0.25) is 0 Å². The first-order valence-corrected chi connectivity index (χ1v) is 16.4. The van der Waals surface area contributed by atoms with Crippen LogP contribution in [0, 0.1) is 0 Å². The largest absolute Gasteiger partial charge is 0.317 e. The molecule has 0 bridgehead atoms. The molecule has 2 N–H and O–H groups in total. The standard InChI is InChI=1S/C26H38Cl2N2S3/c1-3-5-17-29-19-15-25(21-7-11-23(27)12-8-21)31-33-32-26(16-20-30-18-6-4-2)22-9-13-24(28)14-10-22/h7-14,25-26,29-30H,3-6,15-20H2,1-2H3. The highest BCUT2D eigenvalue weighted by Gasteiger charge is 2.17. The molecule has 184 valence electrons. The average Bonchev–Trinajstić information content (AvgIpc) is 2.82. The molecule has 2 unspecified atom stereocenters. The van der Waals surface area contributed by atoms with Crippen molar-refractivity contribution in [1.29, 1.82) is 0 Å². The van der Waals surface area contributed by atoms with Crippen molar-refractivity contribution in [3.8, 4) is 0 Å². The summed E-state index contributed by atoms with van der Waals surface area (Å²) >= 11 is 12.3. The van der Waals surface area contributed by atoms with Gasteiger partial charge in [-0.1, -0.05) is 95.7 Å². The molecule has 0 amide bonds. The highest BCUT2D eigenvalue weighted by atomic mass is 35.5. The number of hydrogen-bond donors (Lipinski definition) is 2. The zero-order valence-corrected chi connectivity index (χ0v) is 23.8. The molecule has 33 heavy (non-hydrogen) atoms. The van der Waals surface area contributed by atoms with Crippen LogP contribution in [-0.4, -0.2) is 26.2 Å². The van der Waals surface area contributed by atoms with E-state index in [9.17, 15) is 0 Å². The van der Waals surface area contributed by atoms with E-state index >= 15 is 0 Å². The van der Waals surface area contributed by atoms with Gasteiger partial charge in [-0.2, -0.15) is 0 Å². The number of benzene rings is 2. The van der Waals surface area contributed by atoms with E-state index in [0.29, 0.717) is 10.5 Å².